The van der Waals surface area contributed by atoms with Gasteiger partial charge in [-0.1, -0.05) is 12.8 Å². The van der Waals surface area contributed by atoms with Crippen LogP contribution in [0.3, 0.4) is 0 Å². The quantitative estimate of drug-likeness (QED) is 0.738. The average molecular weight is 234 g/mol. The summed E-state index contributed by atoms with van der Waals surface area (Å²) < 4.78 is 0. The van der Waals surface area contributed by atoms with Crippen LogP contribution in [0.25, 0.3) is 0 Å². The predicted octanol–water partition coefficient (Wildman–Crippen LogP) is 1.51. The zero-order valence-electron chi connectivity index (χ0n) is 9.99. The predicted molar refractivity (Wildman–Crippen MR) is 67.7 cm³/mol. The Labute approximate surface area is 101 Å². The number of anilines is 2. The van der Waals surface area contributed by atoms with E-state index in [9.17, 15) is 4.79 Å². The summed E-state index contributed by atoms with van der Waals surface area (Å²) in [6.07, 6.45) is 6.15. The van der Waals surface area contributed by atoms with Crippen LogP contribution in [-0.4, -0.2) is 16.4 Å². The lowest BCUT2D eigenvalue weighted by atomic mass is 10.0. The monoisotopic (exact) mass is 234 g/mol. The molecule has 1 aromatic rings. The summed E-state index contributed by atoms with van der Waals surface area (Å²) in [5.41, 5.74) is 11.6. The van der Waals surface area contributed by atoms with Gasteiger partial charge >= 0.3 is 0 Å². The largest absolute Gasteiger partial charge is 0.397 e. The lowest BCUT2D eigenvalue weighted by Crippen LogP contribution is -2.31. The van der Waals surface area contributed by atoms with E-state index in [-0.39, 0.29) is 5.54 Å². The Kier molecular flexibility index (Phi) is 2.92. The van der Waals surface area contributed by atoms with Crippen molar-refractivity contribution in [3.8, 4) is 0 Å². The van der Waals surface area contributed by atoms with Gasteiger partial charge in [0.05, 0.1) is 17.4 Å². The number of nitrogens with two attached hydrogens (primary N) is 2. The van der Waals surface area contributed by atoms with Crippen LogP contribution in [0.4, 0.5) is 11.5 Å². The number of rotatable bonds is 3. The van der Waals surface area contributed by atoms with Crippen LogP contribution >= 0.6 is 0 Å². The maximum atomic E-state index is 11.2. The van der Waals surface area contributed by atoms with E-state index in [4.69, 9.17) is 11.5 Å². The number of nitrogens with zero attached hydrogens (tertiary/aromatic N) is 1. The zero-order chi connectivity index (χ0) is 12.5. The second-order valence-electron chi connectivity index (χ2n) is 4.91. The van der Waals surface area contributed by atoms with Crippen LogP contribution in [-0.2, 0) is 0 Å². The molecule has 2 rings (SSSR count). The van der Waals surface area contributed by atoms with Gasteiger partial charge in [0.25, 0.3) is 5.91 Å². The molecule has 0 atom stereocenters. The maximum absolute atomic E-state index is 11.2. The van der Waals surface area contributed by atoms with Crippen LogP contribution in [0.2, 0.25) is 0 Å². The molecule has 1 saturated carbocycles. The number of hydrogen-bond acceptors (Lipinski definition) is 4. The molecule has 5 N–H and O–H groups in total. The van der Waals surface area contributed by atoms with Gasteiger partial charge in [-0.05, 0) is 25.8 Å². The van der Waals surface area contributed by atoms with Crippen molar-refractivity contribution in [3.05, 3.63) is 17.8 Å². The molecule has 17 heavy (non-hydrogen) atoms. The first kappa shape index (κ1) is 11.7. The van der Waals surface area contributed by atoms with E-state index in [2.05, 4.69) is 17.2 Å². The Balaban J connectivity index is 2.22. The number of amides is 1. The summed E-state index contributed by atoms with van der Waals surface area (Å²) in [6.45, 7) is 2.17. The molecular formula is C12H18N4O. The fourth-order valence-corrected chi connectivity index (χ4v) is 2.34. The molecule has 1 heterocycles. The SMILES string of the molecule is CC1(Nc2cc(C(N)=O)c(N)cn2)CCCC1. The number of aromatic nitrogens is 1. The number of carbonyl (C=O) groups is 1. The number of nitrogens with one attached hydrogen (secondary N) is 1. The third-order valence-corrected chi connectivity index (χ3v) is 3.34. The normalized spacial score (nSPS) is 17.9. The van der Waals surface area contributed by atoms with Gasteiger partial charge in [-0.3, -0.25) is 4.79 Å². The Morgan fingerprint density at radius 3 is 2.71 bits per heavy atom. The number of hydrogen-bond donors (Lipinski definition) is 3. The molecule has 0 spiro atoms. The van der Waals surface area contributed by atoms with Crippen molar-refractivity contribution in [2.24, 2.45) is 5.73 Å². The lowest BCUT2D eigenvalue weighted by Gasteiger charge is -2.26. The van der Waals surface area contributed by atoms with Gasteiger partial charge in [0.15, 0.2) is 0 Å². The van der Waals surface area contributed by atoms with Crippen LogP contribution in [0.5, 0.6) is 0 Å². The van der Waals surface area contributed by atoms with Gasteiger partial charge in [-0.15, -0.1) is 0 Å². The lowest BCUT2D eigenvalue weighted by molar-refractivity contribution is 0.100. The highest BCUT2D eigenvalue weighted by Crippen LogP contribution is 2.32. The first-order valence-corrected chi connectivity index (χ1v) is 5.84. The van der Waals surface area contributed by atoms with Crippen LogP contribution in [0, 0.1) is 0 Å². The van der Waals surface area contributed by atoms with E-state index in [0.717, 1.165) is 12.8 Å². The second kappa shape index (κ2) is 4.24. The molecule has 0 aromatic carbocycles. The van der Waals surface area contributed by atoms with Crippen molar-refractivity contribution in [2.75, 3.05) is 11.1 Å². The van der Waals surface area contributed by atoms with Gasteiger partial charge in [0.1, 0.15) is 5.82 Å². The van der Waals surface area contributed by atoms with Gasteiger partial charge in [-0.25, -0.2) is 4.98 Å². The van der Waals surface area contributed by atoms with E-state index >= 15 is 0 Å². The molecule has 5 heteroatoms. The van der Waals surface area contributed by atoms with E-state index in [1.165, 1.54) is 19.0 Å². The summed E-state index contributed by atoms with van der Waals surface area (Å²) in [4.78, 5) is 15.4. The summed E-state index contributed by atoms with van der Waals surface area (Å²) in [5.74, 6) is 0.141. The minimum atomic E-state index is -0.524. The molecule has 92 valence electrons. The highest BCUT2D eigenvalue weighted by molar-refractivity contribution is 5.98. The first-order valence-electron chi connectivity index (χ1n) is 5.84. The van der Waals surface area contributed by atoms with Crippen LogP contribution in [0.15, 0.2) is 12.3 Å². The molecule has 5 nitrogen and oxygen atoms in total. The number of primary amides is 1. The Hall–Kier alpha value is -1.78. The van der Waals surface area contributed by atoms with Crippen molar-refractivity contribution in [2.45, 2.75) is 38.1 Å². The number of carbonyl (C=O) groups excluding carboxylic acids is 1. The van der Waals surface area contributed by atoms with Crippen molar-refractivity contribution in [1.29, 1.82) is 0 Å². The molecule has 0 aliphatic heterocycles. The molecule has 0 unspecified atom stereocenters. The minimum absolute atomic E-state index is 0.0675. The van der Waals surface area contributed by atoms with Crippen LogP contribution < -0.4 is 16.8 Å². The highest BCUT2D eigenvalue weighted by atomic mass is 16.1. The minimum Gasteiger partial charge on any atom is -0.397 e. The molecule has 1 aromatic heterocycles. The van der Waals surface area contributed by atoms with Crippen LogP contribution in [0.1, 0.15) is 43.0 Å². The molecule has 0 bridgehead atoms. The topological polar surface area (TPSA) is 94.0 Å². The van der Waals surface area contributed by atoms with Crippen molar-refractivity contribution < 1.29 is 4.79 Å². The average Bonchev–Trinajstić information content (AvgIpc) is 2.67. The van der Waals surface area contributed by atoms with E-state index in [0.29, 0.717) is 17.1 Å². The molecule has 0 saturated heterocycles. The Bertz CT molecular complexity index is 438. The van der Waals surface area contributed by atoms with Gasteiger partial charge in [-0.2, -0.15) is 0 Å². The summed E-state index contributed by atoms with van der Waals surface area (Å²) in [7, 11) is 0. The Morgan fingerprint density at radius 2 is 2.12 bits per heavy atom. The van der Waals surface area contributed by atoms with E-state index in [1.54, 1.807) is 6.07 Å². The molecule has 1 fully saturated rings. The summed E-state index contributed by atoms with van der Waals surface area (Å²) in [5, 5.41) is 3.37. The van der Waals surface area contributed by atoms with E-state index in [1.807, 2.05) is 0 Å². The third-order valence-electron chi connectivity index (χ3n) is 3.34. The molecule has 1 aliphatic rings. The van der Waals surface area contributed by atoms with Gasteiger partial charge in [0.2, 0.25) is 0 Å². The molecular weight excluding hydrogens is 216 g/mol. The standard InChI is InChI=1S/C12H18N4O/c1-12(4-2-3-5-12)16-10-6-8(11(14)17)9(13)7-15-10/h6-7H,2-5,13H2,1H3,(H2,14,17)(H,15,16). The van der Waals surface area contributed by atoms with Crippen molar-refractivity contribution in [3.63, 3.8) is 0 Å². The summed E-state index contributed by atoms with van der Waals surface area (Å²) in [6, 6.07) is 1.63. The van der Waals surface area contributed by atoms with Crippen molar-refractivity contribution >= 4 is 17.4 Å². The Morgan fingerprint density at radius 1 is 1.47 bits per heavy atom. The van der Waals surface area contributed by atoms with Gasteiger partial charge in [0, 0.05) is 5.54 Å². The first-order chi connectivity index (χ1) is 8.00. The third kappa shape index (κ3) is 2.49. The maximum Gasteiger partial charge on any atom is 0.250 e. The van der Waals surface area contributed by atoms with Gasteiger partial charge < -0.3 is 16.8 Å². The zero-order valence-corrected chi connectivity index (χ0v) is 9.99. The number of pyridine rings is 1. The molecule has 0 radical (unpaired) electrons. The molecule has 1 amide bonds. The highest BCUT2D eigenvalue weighted by Gasteiger charge is 2.28. The summed E-state index contributed by atoms with van der Waals surface area (Å²) >= 11 is 0. The molecule has 1 aliphatic carbocycles. The van der Waals surface area contributed by atoms with E-state index < -0.39 is 5.91 Å². The fraction of sp³-hybridized carbons (Fsp3) is 0.500. The van der Waals surface area contributed by atoms with Crippen molar-refractivity contribution in [1.82, 2.24) is 4.98 Å². The number of nitrogen functional groups attached to an aromatic ring is 1. The second-order valence-corrected chi connectivity index (χ2v) is 4.91. The smallest absolute Gasteiger partial charge is 0.250 e. The fourth-order valence-electron chi connectivity index (χ4n) is 2.34.